The highest BCUT2D eigenvalue weighted by molar-refractivity contribution is 9.11. The van der Waals surface area contributed by atoms with Crippen LogP contribution in [0.25, 0.3) is 0 Å². The van der Waals surface area contributed by atoms with E-state index in [4.69, 9.17) is 5.11 Å². The van der Waals surface area contributed by atoms with E-state index < -0.39 is 0 Å². The molecule has 54 valence electrons. The van der Waals surface area contributed by atoms with Crippen LogP contribution in [0.5, 0.6) is 0 Å². The maximum atomic E-state index is 8.70. The number of aliphatic hydroxyl groups is 1. The quantitative estimate of drug-likeness (QED) is 0.845. The predicted molar refractivity (Wildman–Crippen MR) is 45.6 cm³/mol. The third kappa shape index (κ3) is 1.78. The molecule has 0 fully saturated rings. The highest BCUT2D eigenvalue weighted by Gasteiger charge is 1.98. The van der Waals surface area contributed by atoms with Gasteiger partial charge in [0.05, 0.1) is 12.3 Å². The Morgan fingerprint density at radius 1 is 1.50 bits per heavy atom. The molecule has 0 aliphatic heterocycles. The number of hydrogen-bond donors (Lipinski definition) is 1. The lowest BCUT2D eigenvalue weighted by molar-refractivity contribution is 0.276. The van der Waals surface area contributed by atoms with Crippen LogP contribution in [0.2, 0.25) is 0 Å². The average Bonchev–Trinajstić information content (AvgIpc) is 1.88. The van der Waals surface area contributed by atoms with Crippen LogP contribution in [0.4, 0.5) is 0 Å². The molecule has 10 heavy (non-hydrogen) atoms. The molecule has 0 spiro atoms. The number of rotatable bonds is 1. The third-order valence-electron chi connectivity index (χ3n) is 1.03. The smallest absolute Gasteiger partial charge is 0.0864 e. The molecule has 0 aliphatic rings. The number of aromatic nitrogens is 1. The van der Waals surface area contributed by atoms with Crippen molar-refractivity contribution >= 4 is 31.9 Å². The molecule has 0 unspecified atom stereocenters. The van der Waals surface area contributed by atoms with Crippen molar-refractivity contribution in [2.75, 3.05) is 0 Å². The molecule has 1 N–H and O–H groups in total. The van der Waals surface area contributed by atoms with Crippen LogP contribution < -0.4 is 0 Å². The summed E-state index contributed by atoms with van der Waals surface area (Å²) in [5.41, 5.74) is 0.656. The number of hydrogen-bond acceptors (Lipinski definition) is 2. The maximum Gasteiger partial charge on any atom is 0.0864 e. The lowest BCUT2D eigenvalue weighted by Gasteiger charge is -1.97. The zero-order valence-corrected chi connectivity index (χ0v) is 8.18. The Labute approximate surface area is 75.5 Å². The Kier molecular flexibility index (Phi) is 2.82. The lowest BCUT2D eigenvalue weighted by atomic mass is 10.4. The molecule has 1 aromatic rings. The van der Waals surface area contributed by atoms with Crippen LogP contribution >= 0.6 is 31.9 Å². The van der Waals surface area contributed by atoms with Crippen molar-refractivity contribution in [3.8, 4) is 0 Å². The Morgan fingerprint density at radius 3 is 2.70 bits per heavy atom. The van der Waals surface area contributed by atoms with Gasteiger partial charge < -0.3 is 5.11 Å². The van der Waals surface area contributed by atoms with E-state index in [0.29, 0.717) is 5.69 Å². The number of nitrogens with zero attached hydrogens (tertiary/aromatic N) is 1. The van der Waals surface area contributed by atoms with E-state index in [1.165, 1.54) is 0 Å². The van der Waals surface area contributed by atoms with Gasteiger partial charge >= 0.3 is 0 Å². The Morgan fingerprint density at radius 2 is 2.20 bits per heavy atom. The van der Waals surface area contributed by atoms with Gasteiger partial charge in [-0.1, -0.05) is 0 Å². The number of aliphatic hydroxyl groups excluding tert-OH is 1. The van der Waals surface area contributed by atoms with Gasteiger partial charge in [-0.05, 0) is 37.9 Å². The fourth-order valence-corrected chi connectivity index (χ4v) is 1.67. The first-order valence-electron chi connectivity index (χ1n) is 2.65. The molecular formula is C6H5Br2NO. The van der Waals surface area contributed by atoms with Crippen molar-refractivity contribution in [3.05, 3.63) is 26.9 Å². The molecule has 0 saturated carbocycles. The fourth-order valence-electron chi connectivity index (χ4n) is 0.559. The minimum atomic E-state index is -0.0339. The van der Waals surface area contributed by atoms with Crippen molar-refractivity contribution in [1.29, 1.82) is 0 Å². The maximum absolute atomic E-state index is 8.70. The fraction of sp³-hybridized carbons (Fsp3) is 0.167. The van der Waals surface area contributed by atoms with Gasteiger partial charge in [0, 0.05) is 15.1 Å². The summed E-state index contributed by atoms with van der Waals surface area (Å²) in [4.78, 5) is 3.95. The van der Waals surface area contributed by atoms with Gasteiger partial charge in [0.25, 0.3) is 0 Å². The second-order valence-corrected chi connectivity index (χ2v) is 3.51. The first-order valence-corrected chi connectivity index (χ1v) is 4.23. The summed E-state index contributed by atoms with van der Waals surface area (Å²) >= 11 is 6.51. The van der Waals surface area contributed by atoms with Gasteiger partial charge in [0.1, 0.15) is 0 Å². The monoisotopic (exact) mass is 265 g/mol. The molecule has 1 heterocycles. The van der Waals surface area contributed by atoms with Crippen molar-refractivity contribution in [2.24, 2.45) is 0 Å². The largest absolute Gasteiger partial charge is 0.390 e. The van der Waals surface area contributed by atoms with E-state index in [1.54, 1.807) is 6.20 Å². The molecule has 0 aliphatic carbocycles. The molecule has 1 rings (SSSR count). The zero-order chi connectivity index (χ0) is 7.56. The Bertz CT molecular complexity index is 239. The Balaban J connectivity index is 3.07. The van der Waals surface area contributed by atoms with Crippen LogP contribution in [0.3, 0.4) is 0 Å². The van der Waals surface area contributed by atoms with Gasteiger partial charge in [0.2, 0.25) is 0 Å². The molecule has 1 aromatic heterocycles. The second-order valence-electron chi connectivity index (χ2n) is 1.74. The molecule has 0 saturated heterocycles. The average molecular weight is 267 g/mol. The van der Waals surface area contributed by atoms with E-state index in [9.17, 15) is 0 Å². The summed E-state index contributed by atoms with van der Waals surface area (Å²) in [7, 11) is 0. The molecule has 0 amide bonds. The Hall–Kier alpha value is 0.0700. The topological polar surface area (TPSA) is 33.1 Å². The molecule has 2 nitrogen and oxygen atoms in total. The van der Waals surface area contributed by atoms with E-state index in [2.05, 4.69) is 36.8 Å². The van der Waals surface area contributed by atoms with E-state index in [0.717, 1.165) is 8.95 Å². The minimum Gasteiger partial charge on any atom is -0.390 e. The summed E-state index contributed by atoms with van der Waals surface area (Å²) < 4.78 is 1.72. The van der Waals surface area contributed by atoms with Gasteiger partial charge in [0.15, 0.2) is 0 Å². The molecule has 0 aromatic carbocycles. The normalized spacial score (nSPS) is 9.90. The van der Waals surface area contributed by atoms with Crippen molar-refractivity contribution in [3.63, 3.8) is 0 Å². The predicted octanol–water partition coefficient (Wildman–Crippen LogP) is 2.10. The van der Waals surface area contributed by atoms with Gasteiger partial charge in [-0.15, -0.1) is 0 Å². The second kappa shape index (κ2) is 3.46. The summed E-state index contributed by atoms with van der Waals surface area (Å²) in [6.45, 7) is -0.0339. The first-order chi connectivity index (χ1) is 4.74. The minimum absolute atomic E-state index is 0.0339. The van der Waals surface area contributed by atoms with Gasteiger partial charge in [-0.3, -0.25) is 4.98 Å². The van der Waals surface area contributed by atoms with Crippen LogP contribution in [0.1, 0.15) is 5.69 Å². The first kappa shape index (κ1) is 8.17. The summed E-state index contributed by atoms with van der Waals surface area (Å²) in [6, 6.07) is 1.85. The summed E-state index contributed by atoms with van der Waals surface area (Å²) in [5, 5.41) is 8.70. The molecular weight excluding hydrogens is 262 g/mol. The van der Waals surface area contributed by atoms with E-state index >= 15 is 0 Å². The van der Waals surface area contributed by atoms with Crippen LogP contribution in [0, 0.1) is 0 Å². The van der Waals surface area contributed by atoms with E-state index in [-0.39, 0.29) is 6.61 Å². The molecule has 0 atom stereocenters. The lowest BCUT2D eigenvalue weighted by Crippen LogP contribution is -1.89. The van der Waals surface area contributed by atoms with E-state index in [1.807, 2.05) is 6.07 Å². The van der Waals surface area contributed by atoms with Crippen molar-refractivity contribution < 1.29 is 5.11 Å². The standard InChI is InChI=1S/C6H5Br2NO/c7-4-1-5(8)6(3-10)9-2-4/h1-2,10H,3H2. The SMILES string of the molecule is OCc1ncc(Br)cc1Br. The summed E-state index contributed by atoms with van der Waals surface area (Å²) in [6.07, 6.45) is 1.65. The van der Waals surface area contributed by atoms with Crippen molar-refractivity contribution in [2.45, 2.75) is 6.61 Å². The van der Waals surface area contributed by atoms with Gasteiger partial charge in [-0.2, -0.15) is 0 Å². The van der Waals surface area contributed by atoms with Crippen LogP contribution in [0.15, 0.2) is 21.2 Å². The molecule has 0 radical (unpaired) electrons. The van der Waals surface area contributed by atoms with Crippen molar-refractivity contribution in [1.82, 2.24) is 4.98 Å². The van der Waals surface area contributed by atoms with Gasteiger partial charge in [-0.25, -0.2) is 0 Å². The molecule has 4 heteroatoms. The number of pyridine rings is 1. The van der Waals surface area contributed by atoms with Crippen LogP contribution in [-0.2, 0) is 6.61 Å². The zero-order valence-electron chi connectivity index (χ0n) is 5.01. The summed E-state index contributed by atoms with van der Waals surface area (Å²) in [5.74, 6) is 0. The third-order valence-corrected chi connectivity index (χ3v) is 2.15. The van der Waals surface area contributed by atoms with Crippen LogP contribution in [-0.4, -0.2) is 10.1 Å². The molecule has 0 bridgehead atoms. The highest BCUT2D eigenvalue weighted by Crippen LogP contribution is 2.18. The number of halogens is 2. The highest BCUT2D eigenvalue weighted by atomic mass is 79.9.